The summed E-state index contributed by atoms with van der Waals surface area (Å²) in [4.78, 5) is 2.58. The van der Waals surface area contributed by atoms with Crippen LogP contribution in [0.1, 0.15) is 31.4 Å². The Labute approximate surface area is 114 Å². The smallest absolute Gasteiger partial charge is 0.0453 e. The third-order valence-corrected chi connectivity index (χ3v) is 4.84. The van der Waals surface area contributed by atoms with Gasteiger partial charge in [0, 0.05) is 23.7 Å². The van der Waals surface area contributed by atoms with Crippen molar-refractivity contribution in [2.75, 3.05) is 19.6 Å². The second kappa shape index (κ2) is 5.20. The third kappa shape index (κ3) is 2.42. The van der Waals surface area contributed by atoms with E-state index in [-0.39, 0.29) is 0 Å². The van der Waals surface area contributed by atoms with Crippen molar-refractivity contribution in [1.82, 2.24) is 10.2 Å². The predicted octanol–water partition coefficient (Wildman–Crippen LogP) is 3.08. The first-order chi connectivity index (χ1) is 8.74. The van der Waals surface area contributed by atoms with Crippen LogP contribution in [0.4, 0.5) is 0 Å². The van der Waals surface area contributed by atoms with Gasteiger partial charge in [-0.1, -0.05) is 29.8 Å². The van der Waals surface area contributed by atoms with Gasteiger partial charge in [0.25, 0.3) is 0 Å². The largest absolute Gasteiger partial charge is 0.306 e. The molecule has 3 saturated heterocycles. The van der Waals surface area contributed by atoms with Gasteiger partial charge in [-0.3, -0.25) is 0 Å². The summed E-state index contributed by atoms with van der Waals surface area (Å²) in [6.07, 6.45) is 2.71. The Morgan fingerprint density at radius 2 is 2.00 bits per heavy atom. The highest BCUT2D eigenvalue weighted by Gasteiger charge is 2.34. The van der Waals surface area contributed by atoms with Gasteiger partial charge in [0.2, 0.25) is 0 Å². The summed E-state index contributed by atoms with van der Waals surface area (Å²) >= 11 is 6.27. The minimum Gasteiger partial charge on any atom is -0.306 e. The molecule has 3 heteroatoms. The quantitative estimate of drug-likeness (QED) is 0.903. The van der Waals surface area contributed by atoms with Crippen LogP contribution in [0.5, 0.6) is 0 Å². The van der Waals surface area contributed by atoms with Gasteiger partial charge in [-0.2, -0.15) is 0 Å². The Morgan fingerprint density at radius 1 is 1.28 bits per heavy atom. The van der Waals surface area contributed by atoms with E-state index in [0.717, 1.165) is 10.9 Å². The monoisotopic (exact) mass is 264 g/mol. The van der Waals surface area contributed by atoms with E-state index in [1.807, 2.05) is 12.1 Å². The van der Waals surface area contributed by atoms with Crippen molar-refractivity contribution in [3.05, 3.63) is 34.9 Å². The molecule has 1 aromatic carbocycles. The van der Waals surface area contributed by atoms with Crippen LogP contribution in [0.2, 0.25) is 5.02 Å². The fourth-order valence-electron chi connectivity index (χ4n) is 3.39. The van der Waals surface area contributed by atoms with E-state index in [1.54, 1.807) is 0 Å². The summed E-state index contributed by atoms with van der Waals surface area (Å²) in [7, 11) is 0. The highest BCUT2D eigenvalue weighted by Crippen LogP contribution is 2.30. The van der Waals surface area contributed by atoms with Gasteiger partial charge in [0.05, 0.1) is 0 Å². The van der Waals surface area contributed by atoms with E-state index in [9.17, 15) is 0 Å². The SMILES string of the molecule is CC(NC1CN2CCC1CC2)c1ccccc1Cl. The third-order valence-electron chi connectivity index (χ3n) is 4.49. The molecule has 2 unspecified atom stereocenters. The lowest BCUT2D eigenvalue weighted by Gasteiger charge is -2.46. The van der Waals surface area contributed by atoms with E-state index in [0.29, 0.717) is 12.1 Å². The zero-order valence-corrected chi connectivity index (χ0v) is 11.7. The van der Waals surface area contributed by atoms with Crippen molar-refractivity contribution in [1.29, 1.82) is 0 Å². The van der Waals surface area contributed by atoms with Gasteiger partial charge in [-0.25, -0.2) is 0 Å². The van der Waals surface area contributed by atoms with Crippen molar-refractivity contribution in [2.24, 2.45) is 5.92 Å². The first-order valence-electron chi connectivity index (χ1n) is 6.97. The number of piperidine rings is 3. The molecule has 2 bridgehead atoms. The van der Waals surface area contributed by atoms with E-state index in [2.05, 4.69) is 29.3 Å². The lowest BCUT2D eigenvalue weighted by molar-refractivity contribution is 0.0680. The summed E-state index contributed by atoms with van der Waals surface area (Å²) in [5.74, 6) is 0.861. The predicted molar refractivity (Wildman–Crippen MR) is 76.0 cm³/mol. The maximum atomic E-state index is 6.27. The van der Waals surface area contributed by atoms with E-state index >= 15 is 0 Å². The molecular formula is C15H21ClN2. The maximum absolute atomic E-state index is 6.27. The Morgan fingerprint density at radius 3 is 2.61 bits per heavy atom. The molecule has 1 N–H and O–H groups in total. The van der Waals surface area contributed by atoms with E-state index < -0.39 is 0 Å². The Bertz CT molecular complexity index is 413. The molecule has 2 nitrogen and oxygen atoms in total. The number of fused-ring (bicyclic) bond motifs is 3. The topological polar surface area (TPSA) is 15.3 Å². The molecule has 0 spiro atoms. The zero-order chi connectivity index (χ0) is 12.5. The van der Waals surface area contributed by atoms with Gasteiger partial charge in [0.1, 0.15) is 0 Å². The Balaban J connectivity index is 1.68. The zero-order valence-electron chi connectivity index (χ0n) is 10.9. The fourth-order valence-corrected chi connectivity index (χ4v) is 3.69. The number of benzene rings is 1. The van der Waals surface area contributed by atoms with Crippen LogP contribution >= 0.6 is 11.6 Å². The maximum Gasteiger partial charge on any atom is 0.0453 e. The molecule has 3 fully saturated rings. The number of rotatable bonds is 3. The molecule has 3 aliphatic rings. The van der Waals surface area contributed by atoms with E-state index in [1.165, 1.54) is 38.0 Å². The molecule has 3 aliphatic heterocycles. The highest BCUT2D eigenvalue weighted by molar-refractivity contribution is 6.31. The second-order valence-electron chi connectivity index (χ2n) is 5.65. The summed E-state index contributed by atoms with van der Waals surface area (Å²) in [6, 6.07) is 9.14. The molecule has 0 saturated carbocycles. The average Bonchev–Trinajstić information content (AvgIpc) is 2.40. The van der Waals surface area contributed by atoms with Gasteiger partial charge < -0.3 is 10.2 Å². The standard InChI is InChI=1S/C15H21ClN2/c1-11(13-4-2-3-5-14(13)16)17-15-10-18-8-6-12(15)7-9-18/h2-5,11-12,15,17H,6-10H2,1H3. The van der Waals surface area contributed by atoms with Crippen LogP contribution < -0.4 is 5.32 Å². The van der Waals surface area contributed by atoms with Crippen LogP contribution in [-0.4, -0.2) is 30.6 Å². The molecule has 0 aromatic heterocycles. The molecular weight excluding hydrogens is 244 g/mol. The van der Waals surface area contributed by atoms with Crippen molar-refractivity contribution in [3.63, 3.8) is 0 Å². The Hall–Kier alpha value is -0.570. The molecule has 3 heterocycles. The molecule has 0 radical (unpaired) electrons. The van der Waals surface area contributed by atoms with E-state index in [4.69, 9.17) is 11.6 Å². The summed E-state index contributed by atoms with van der Waals surface area (Å²) in [6.45, 7) is 6.02. The number of hydrogen-bond donors (Lipinski definition) is 1. The first kappa shape index (κ1) is 12.5. The molecule has 4 rings (SSSR count). The lowest BCUT2D eigenvalue weighted by atomic mass is 9.83. The van der Waals surface area contributed by atoms with Gasteiger partial charge >= 0.3 is 0 Å². The van der Waals surface area contributed by atoms with Crippen molar-refractivity contribution in [2.45, 2.75) is 31.8 Å². The van der Waals surface area contributed by atoms with Crippen LogP contribution in [-0.2, 0) is 0 Å². The average molecular weight is 265 g/mol. The van der Waals surface area contributed by atoms with Crippen molar-refractivity contribution < 1.29 is 0 Å². The number of nitrogens with one attached hydrogen (secondary N) is 1. The lowest BCUT2D eigenvalue weighted by Crippen LogP contribution is -2.56. The molecule has 0 amide bonds. The number of hydrogen-bond acceptors (Lipinski definition) is 2. The minimum atomic E-state index is 0.337. The second-order valence-corrected chi connectivity index (χ2v) is 6.06. The molecule has 98 valence electrons. The van der Waals surface area contributed by atoms with Crippen LogP contribution in [0.15, 0.2) is 24.3 Å². The van der Waals surface area contributed by atoms with Crippen LogP contribution in [0.3, 0.4) is 0 Å². The normalized spacial score (nSPS) is 32.4. The summed E-state index contributed by atoms with van der Waals surface area (Å²) < 4.78 is 0. The highest BCUT2D eigenvalue weighted by atomic mass is 35.5. The van der Waals surface area contributed by atoms with Crippen LogP contribution in [0.25, 0.3) is 0 Å². The van der Waals surface area contributed by atoms with Gasteiger partial charge in [0.15, 0.2) is 0 Å². The number of halogens is 1. The summed E-state index contributed by atoms with van der Waals surface area (Å²) in [5.41, 5.74) is 1.22. The van der Waals surface area contributed by atoms with Gasteiger partial charge in [-0.15, -0.1) is 0 Å². The number of nitrogens with zero attached hydrogens (tertiary/aromatic N) is 1. The summed E-state index contributed by atoms with van der Waals surface area (Å²) in [5, 5.41) is 4.66. The van der Waals surface area contributed by atoms with Crippen molar-refractivity contribution in [3.8, 4) is 0 Å². The molecule has 1 aromatic rings. The fraction of sp³-hybridized carbons (Fsp3) is 0.600. The molecule has 0 aliphatic carbocycles. The minimum absolute atomic E-state index is 0.337. The molecule has 18 heavy (non-hydrogen) atoms. The van der Waals surface area contributed by atoms with Gasteiger partial charge in [-0.05, 0) is 50.4 Å². The Kier molecular flexibility index (Phi) is 3.60. The molecule has 2 atom stereocenters. The van der Waals surface area contributed by atoms with Crippen molar-refractivity contribution >= 4 is 11.6 Å². The first-order valence-corrected chi connectivity index (χ1v) is 7.34. The van der Waals surface area contributed by atoms with Crippen LogP contribution in [0, 0.1) is 5.92 Å².